The lowest BCUT2D eigenvalue weighted by molar-refractivity contribution is 0.625. The number of allylic oxidation sites excluding steroid dienone is 2. The van der Waals surface area contributed by atoms with E-state index in [2.05, 4.69) is 49.3 Å². The highest BCUT2D eigenvalue weighted by Crippen LogP contribution is 2.32. The first kappa shape index (κ1) is 21.8. The predicted octanol–water partition coefficient (Wildman–Crippen LogP) is 6.78. The Bertz CT molecular complexity index is 972. The molecule has 3 rings (SSSR count). The Morgan fingerprint density at radius 1 is 1.20 bits per heavy atom. The third-order valence-corrected chi connectivity index (χ3v) is 5.59. The highest BCUT2D eigenvalue weighted by Gasteiger charge is 2.14. The average Bonchev–Trinajstić information content (AvgIpc) is 3.28. The van der Waals surface area contributed by atoms with Gasteiger partial charge in [-0.05, 0) is 67.5 Å². The molecule has 0 saturated heterocycles. The van der Waals surface area contributed by atoms with Crippen molar-refractivity contribution in [3.63, 3.8) is 0 Å². The van der Waals surface area contributed by atoms with Crippen LogP contribution in [0, 0.1) is 5.82 Å². The van der Waals surface area contributed by atoms with Crippen LogP contribution in [-0.2, 0) is 13.0 Å². The molecule has 1 aliphatic rings. The summed E-state index contributed by atoms with van der Waals surface area (Å²) in [5.41, 5.74) is 8.26. The third-order valence-electron chi connectivity index (χ3n) is 5.59. The Kier molecular flexibility index (Phi) is 7.45. The molecule has 0 radical (unpaired) electrons. The number of nitrogens with zero attached hydrogens (tertiary/aromatic N) is 1. The summed E-state index contributed by atoms with van der Waals surface area (Å²) < 4.78 is 13.7. The number of aryl methyl sites for hydroxylation is 1. The van der Waals surface area contributed by atoms with Gasteiger partial charge in [-0.3, -0.25) is 4.99 Å². The van der Waals surface area contributed by atoms with Crippen molar-refractivity contribution in [1.82, 2.24) is 5.32 Å². The highest BCUT2D eigenvalue weighted by atomic mass is 19.1. The van der Waals surface area contributed by atoms with Gasteiger partial charge >= 0.3 is 0 Å². The summed E-state index contributed by atoms with van der Waals surface area (Å²) in [5.74, 6) is -0.193. The maximum Gasteiger partial charge on any atom is 0.123 e. The topological polar surface area (TPSA) is 36.4 Å². The van der Waals surface area contributed by atoms with Gasteiger partial charge in [0.05, 0.1) is 5.69 Å². The van der Waals surface area contributed by atoms with Crippen LogP contribution in [0.4, 0.5) is 15.8 Å². The van der Waals surface area contributed by atoms with E-state index >= 15 is 0 Å². The van der Waals surface area contributed by atoms with E-state index in [9.17, 15) is 4.39 Å². The minimum Gasteiger partial charge on any atom is -0.388 e. The molecule has 158 valence electrons. The summed E-state index contributed by atoms with van der Waals surface area (Å²) in [4.78, 5) is 5.04. The second-order valence-corrected chi connectivity index (χ2v) is 7.77. The van der Waals surface area contributed by atoms with Crippen LogP contribution in [0.1, 0.15) is 56.2 Å². The third kappa shape index (κ3) is 5.18. The molecule has 1 aliphatic carbocycles. The molecule has 4 heteroatoms. The van der Waals surface area contributed by atoms with Crippen LogP contribution in [0.25, 0.3) is 5.70 Å². The fourth-order valence-electron chi connectivity index (χ4n) is 3.88. The molecule has 0 aliphatic heterocycles. The van der Waals surface area contributed by atoms with Gasteiger partial charge in [0, 0.05) is 36.3 Å². The summed E-state index contributed by atoms with van der Waals surface area (Å²) in [6.07, 6.45) is 7.53. The van der Waals surface area contributed by atoms with E-state index in [1.807, 2.05) is 19.2 Å². The van der Waals surface area contributed by atoms with Gasteiger partial charge in [0.15, 0.2) is 0 Å². The van der Waals surface area contributed by atoms with Gasteiger partial charge in [0.25, 0.3) is 0 Å². The normalized spacial score (nSPS) is 13.9. The molecule has 0 spiro atoms. The molecule has 0 fully saturated rings. The zero-order valence-corrected chi connectivity index (χ0v) is 18.3. The van der Waals surface area contributed by atoms with Crippen LogP contribution in [0.2, 0.25) is 0 Å². The Hall–Kier alpha value is -2.88. The quantitative estimate of drug-likeness (QED) is 0.451. The Morgan fingerprint density at radius 3 is 2.73 bits per heavy atom. The number of para-hydroxylation sites is 1. The molecule has 3 nitrogen and oxygen atoms in total. The summed E-state index contributed by atoms with van der Waals surface area (Å²) in [7, 11) is 1.88. The molecule has 0 heterocycles. The molecular weight excluding hydrogens is 373 g/mol. The van der Waals surface area contributed by atoms with Crippen molar-refractivity contribution in [2.75, 3.05) is 12.4 Å². The number of nitrogens with one attached hydrogen (secondary N) is 2. The lowest BCUT2D eigenvalue weighted by atomic mass is 10.0. The smallest absolute Gasteiger partial charge is 0.123 e. The summed E-state index contributed by atoms with van der Waals surface area (Å²) in [5, 5.41) is 6.67. The molecule has 0 aromatic heterocycles. The van der Waals surface area contributed by atoms with Crippen molar-refractivity contribution in [2.24, 2.45) is 4.99 Å². The largest absolute Gasteiger partial charge is 0.388 e. The second-order valence-electron chi connectivity index (χ2n) is 7.77. The molecule has 2 N–H and O–H groups in total. The average molecular weight is 406 g/mol. The number of hydrogen-bond acceptors (Lipinski definition) is 3. The monoisotopic (exact) mass is 405 g/mol. The van der Waals surface area contributed by atoms with E-state index in [4.69, 9.17) is 4.99 Å². The molecule has 2 aromatic rings. The van der Waals surface area contributed by atoms with E-state index in [0.29, 0.717) is 6.54 Å². The van der Waals surface area contributed by atoms with Gasteiger partial charge in [-0.2, -0.15) is 0 Å². The molecule has 0 saturated carbocycles. The van der Waals surface area contributed by atoms with Gasteiger partial charge in [-0.1, -0.05) is 44.2 Å². The van der Waals surface area contributed by atoms with Crippen molar-refractivity contribution in [1.29, 1.82) is 0 Å². The van der Waals surface area contributed by atoms with Crippen molar-refractivity contribution >= 4 is 22.8 Å². The predicted molar refractivity (Wildman–Crippen MR) is 127 cm³/mol. The van der Waals surface area contributed by atoms with Crippen molar-refractivity contribution in [3.05, 3.63) is 77.1 Å². The van der Waals surface area contributed by atoms with Crippen LogP contribution < -0.4 is 10.6 Å². The fraction of sp³-hybridized carbons (Fsp3) is 0.346. The van der Waals surface area contributed by atoms with Gasteiger partial charge in [-0.15, -0.1) is 0 Å². The molecule has 0 atom stereocenters. The summed E-state index contributed by atoms with van der Waals surface area (Å²) >= 11 is 0. The SMILES string of the molecule is C=C(NC)c1cccc(CNc2ccc(F)cc2CCC)c1N=C(C)C1=CCCC1. The Balaban J connectivity index is 1.95. The molecule has 0 amide bonds. The van der Waals surface area contributed by atoms with Crippen molar-refractivity contribution in [2.45, 2.75) is 52.5 Å². The maximum atomic E-state index is 13.7. The van der Waals surface area contributed by atoms with Gasteiger partial charge in [0.1, 0.15) is 5.82 Å². The molecule has 0 bridgehead atoms. The van der Waals surface area contributed by atoms with Crippen molar-refractivity contribution < 1.29 is 4.39 Å². The number of rotatable bonds is 9. The van der Waals surface area contributed by atoms with Gasteiger partial charge in [0.2, 0.25) is 0 Å². The van der Waals surface area contributed by atoms with E-state index in [0.717, 1.165) is 65.2 Å². The fourth-order valence-corrected chi connectivity index (χ4v) is 3.88. The van der Waals surface area contributed by atoms with E-state index in [-0.39, 0.29) is 5.82 Å². The minimum atomic E-state index is -0.193. The van der Waals surface area contributed by atoms with E-state index in [1.54, 1.807) is 6.07 Å². The number of halogens is 1. The van der Waals surface area contributed by atoms with E-state index in [1.165, 1.54) is 18.1 Å². The van der Waals surface area contributed by atoms with Crippen LogP contribution >= 0.6 is 0 Å². The highest BCUT2D eigenvalue weighted by molar-refractivity contribution is 6.01. The zero-order valence-electron chi connectivity index (χ0n) is 18.3. The van der Waals surface area contributed by atoms with Crippen LogP contribution in [0.3, 0.4) is 0 Å². The Morgan fingerprint density at radius 2 is 2.03 bits per heavy atom. The van der Waals surface area contributed by atoms with Gasteiger partial charge in [-0.25, -0.2) is 4.39 Å². The molecule has 0 unspecified atom stereocenters. The number of benzene rings is 2. The van der Waals surface area contributed by atoms with Crippen molar-refractivity contribution in [3.8, 4) is 0 Å². The first-order valence-electron chi connectivity index (χ1n) is 10.8. The maximum absolute atomic E-state index is 13.7. The Labute approximate surface area is 179 Å². The lowest BCUT2D eigenvalue weighted by Crippen LogP contribution is -2.07. The zero-order chi connectivity index (χ0) is 21.5. The lowest BCUT2D eigenvalue weighted by Gasteiger charge is -2.17. The summed E-state index contributed by atoms with van der Waals surface area (Å²) in [6, 6.07) is 11.1. The molecular formula is C26H32FN3. The molecule has 2 aromatic carbocycles. The number of hydrogen-bond donors (Lipinski definition) is 2. The van der Waals surface area contributed by atoms with E-state index < -0.39 is 0 Å². The van der Waals surface area contributed by atoms with Crippen LogP contribution in [0.5, 0.6) is 0 Å². The first-order chi connectivity index (χ1) is 14.5. The number of aliphatic imine (C=N–C) groups is 1. The standard InChI is InChI=1S/C26H32FN3/c1-5-9-21-16-23(27)14-15-25(21)29-17-22-12-8-13-24(19(3)28-4)26(22)30-18(2)20-10-6-7-11-20/h8,10,12-16,28-29H,3,5-7,9,11,17H2,1-2,4H3. The van der Waals surface area contributed by atoms with Gasteiger partial charge < -0.3 is 10.6 Å². The second kappa shape index (κ2) is 10.2. The summed E-state index contributed by atoms with van der Waals surface area (Å²) in [6.45, 7) is 8.96. The number of anilines is 1. The van der Waals surface area contributed by atoms with Crippen LogP contribution in [-0.4, -0.2) is 12.8 Å². The molecule has 30 heavy (non-hydrogen) atoms. The van der Waals surface area contributed by atoms with Crippen LogP contribution in [0.15, 0.2) is 59.6 Å². The minimum absolute atomic E-state index is 0.193. The first-order valence-corrected chi connectivity index (χ1v) is 10.8.